The zero-order chi connectivity index (χ0) is 19.8. The van der Waals surface area contributed by atoms with Gasteiger partial charge in [0.1, 0.15) is 23.9 Å². The minimum Gasteiger partial charge on any atom is -0.497 e. The number of ketones is 1. The SMILES string of the molecule is COc1ccc(OC)c(C(=O)/C=C/c2ccc(OCc3ccccc3)cc2)c1. The van der Waals surface area contributed by atoms with Crippen molar-refractivity contribution < 1.29 is 19.0 Å². The topological polar surface area (TPSA) is 44.8 Å². The highest BCUT2D eigenvalue weighted by Gasteiger charge is 2.11. The molecule has 0 atom stereocenters. The van der Waals surface area contributed by atoms with Crippen molar-refractivity contribution in [3.8, 4) is 17.2 Å². The first kappa shape index (κ1) is 19.2. The van der Waals surface area contributed by atoms with Crippen LogP contribution in [0.4, 0.5) is 0 Å². The molecule has 0 spiro atoms. The Kier molecular flexibility index (Phi) is 6.47. The predicted octanol–water partition coefficient (Wildman–Crippen LogP) is 5.18. The Bertz CT molecular complexity index is 944. The second kappa shape index (κ2) is 9.42. The first-order valence-electron chi connectivity index (χ1n) is 8.91. The lowest BCUT2D eigenvalue weighted by Gasteiger charge is -2.08. The van der Waals surface area contributed by atoms with Crippen molar-refractivity contribution in [2.45, 2.75) is 6.61 Å². The molecule has 0 fully saturated rings. The van der Waals surface area contributed by atoms with Crippen molar-refractivity contribution in [1.82, 2.24) is 0 Å². The van der Waals surface area contributed by atoms with E-state index in [2.05, 4.69) is 0 Å². The molecule has 0 radical (unpaired) electrons. The van der Waals surface area contributed by atoms with E-state index in [0.29, 0.717) is 23.7 Å². The van der Waals surface area contributed by atoms with E-state index in [1.54, 1.807) is 31.4 Å². The fraction of sp³-hybridized carbons (Fsp3) is 0.125. The van der Waals surface area contributed by atoms with E-state index >= 15 is 0 Å². The number of methoxy groups -OCH3 is 2. The van der Waals surface area contributed by atoms with Gasteiger partial charge in [0.15, 0.2) is 5.78 Å². The van der Waals surface area contributed by atoms with E-state index in [4.69, 9.17) is 14.2 Å². The zero-order valence-electron chi connectivity index (χ0n) is 15.9. The van der Waals surface area contributed by atoms with Crippen LogP contribution in [0.2, 0.25) is 0 Å². The molecule has 3 rings (SSSR count). The van der Waals surface area contributed by atoms with Crippen molar-refractivity contribution >= 4 is 11.9 Å². The lowest BCUT2D eigenvalue weighted by atomic mass is 10.1. The summed E-state index contributed by atoms with van der Waals surface area (Å²) < 4.78 is 16.2. The molecule has 3 aromatic carbocycles. The van der Waals surface area contributed by atoms with Gasteiger partial charge in [0.2, 0.25) is 0 Å². The first-order valence-corrected chi connectivity index (χ1v) is 8.91. The van der Waals surface area contributed by atoms with Crippen LogP contribution in [-0.4, -0.2) is 20.0 Å². The van der Waals surface area contributed by atoms with Crippen LogP contribution in [0.1, 0.15) is 21.5 Å². The van der Waals surface area contributed by atoms with E-state index in [1.165, 1.54) is 13.2 Å². The lowest BCUT2D eigenvalue weighted by molar-refractivity contribution is 0.104. The van der Waals surface area contributed by atoms with Gasteiger partial charge in [-0.1, -0.05) is 48.5 Å². The molecular weight excluding hydrogens is 352 g/mol. The molecule has 0 saturated heterocycles. The van der Waals surface area contributed by atoms with Crippen molar-refractivity contribution in [2.24, 2.45) is 0 Å². The Morgan fingerprint density at radius 1 is 0.857 bits per heavy atom. The Hall–Kier alpha value is -3.53. The zero-order valence-corrected chi connectivity index (χ0v) is 15.9. The summed E-state index contributed by atoms with van der Waals surface area (Å²) in [6.07, 6.45) is 3.29. The molecule has 28 heavy (non-hydrogen) atoms. The quantitative estimate of drug-likeness (QED) is 0.403. The van der Waals surface area contributed by atoms with E-state index in [-0.39, 0.29) is 5.78 Å². The van der Waals surface area contributed by atoms with Crippen LogP contribution >= 0.6 is 0 Å². The van der Waals surface area contributed by atoms with Crippen molar-refractivity contribution in [1.29, 1.82) is 0 Å². The third kappa shape index (κ3) is 5.01. The van der Waals surface area contributed by atoms with Gasteiger partial charge in [-0.2, -0.15) is 0 Å². The number of hydrogen-bond donors (Lipinski definition) is 0. The van der Waals surface area contributed by atoms with Crippen LogP contribution < -0.4 is 14.2 Å². The summed E-state index contributed by atoms with van der Waals surface area (Å²) in [5.74, 6) is 1.75. The number of carbonyl (C=O) groups is 1. The van der Waals surface area contributed by atoms with Crippen LogP contribution in [0.5, 0.6) is 17.2 Å². The van der Waals surface area contributed by atoms with Crippen LogP contribution in [-0.2, 0) is 6.61 Å². The third-order valence-electron chi connectivity index (χ3n) is 4.23. The molecule has 0 heterocycles. The van der Waals surface area contributed by atoms with Gasteiger partial charge in [-0.15, -0.1) is 0 Å². The maximum atomic E-state index is 12.5. The molecular formula is C24H22O4. The number of hydrogen-bond acceptors (Lipinski definition) is 4. The molecule has 0 saturated carbocycles. The smallest absolute Gasteiger partial charge is 0.189 e. The summed E-state index contributed by atoms with van der Waals surface area (Å²) >= 11 is 0. The highest BCUT2D eigenvalue weighted by Crippen LogP contribution is 2.25. The molecule has 4 heteroatoms. The first-order chi connectivity index (χ1) is 13.7. The Morgan fingerprint density at radius 3 is 2.25 bits per heavy atom. The van der Waals surface area contributed by atoms with E-state index in [0.717, 1.165) is 16.9 Å². The number of benzene rings is 3. The minimum absolute atomic E-state index is 0.153. The normalized spacial score (nSPS) is 10.6. The molecule has 0 N–H and O–H groups in total. The summed E-state index contributed by atoms with van der Waals surface area (Å²) in [4.78, 5) is 12.5. The summed E-state index contributed by atoms with van der Waals surface area (Å²) in [5, 5.41) is 0. The summed E-state index contributed by atoms with van der Waals surface area (Å²) in [6, 6.07) is 22.7. The average Bonchev–Trinajstić information content (AvgIpc) is 2.77. The van der Waals surface area contributed by atoms with Crippen LogP contribution in [0.15, 0.2) is 78.9 Å². The highest BCUT2D eigenvalue weighted by atomic mass is 16.5. The molecule has 0 aliphatic heterocycles. The predicted molar refractivity (Wildman–Crippen MR) is 110 cm³/mol. The van der Waals surface area contributed by atoms with Gasteiger partial charge in [-0.05, 0) is 47.5 Å². The summed E-state index contributed by atoms with van der Waals surface area (Å²) in [7, 11) is 3.10. The van der Waals surface area contributed by atoms with Crippen LogP contribution in [0.3, 0.4) is 0 Å². The summed E-state index contributed by atoms with van der Waals surface area (Å²) in [5.41, 5.74) is 2.48. The Morgan fingerprint density at radius 2 is 1.57 bits per heavy atom. The molecule has 0 bridgehead atoms. The molecule has 4 nitrogen and oxygen atoms in total. The van der Waals surface area contributed by atoms with E-state index in [9.17, 15) is 4.79 Å². The molecule has 0 aliphatic carbocycles. The minimum atomic E-state index is -0.153. The van der Waals surface area contributed by atoms with Gasteiger partial charge in [-0.25, -0.2) is 0 Å². The molecule has 0 unspecified atom stereocenters. The molecule has 142 valence electrons. The lowest BCUT2D eigenvalue weighted by Crippen LogP contribution is -1.99. The van der Waals surface area contributed by atoms with Gasteiger partial charge in [0, 0.05) is 0 Å². The summed E-state index contributed by atoms with van der Waals surface area (Å²) in [6.45, 7) is 0.518. The highest BCUT2D eigenvalue weighted by molar-refractivity contribution is 6.08. The van der Waals surface area contributed by atoms with Crippen molar-refractivity contribution in [3.05, 3.63) is 95.6 Å². The van der Waals surface area contributed by atoms with Crippen molar-refractivity contribution in [3.63, 3.8) is 0 Å². The van der Waals surface area contributed by atoms with Gasteiger partial charge >= 0.3 is 0 Å². The van der Waals surface area contributed by atoms with Gasteiger partial charge in [0.25, 0.3) is 0 Å². The second-order valence-corrected chi connectivity index (χ2v) is 6.11. The number of rotatable bonds is 8. The van der Waals surface area contributed by atoms with Crippen molar-refractivity contribution in [2.75, 3.05) is 14.2 Å². The molecule has 0 amide bonds. The monoisotopic (exact) mass is 374 g/mol. The van der Waals surface area contributed by atoms with E-state index < -0.39 is 0 Å². The Balaban J connectivity index is 1.65. The molecule has 0 aromatic heterocycles. The largest absolute Gasteiger partial charge is 0.497 e. The van der Waals surface area contributed by atoms with Gasteiger partial charge in [0.05, 0.1) is 19.8 Å². The fourth-order valence-electron chi connectivity index (χ4n) is 2.68. The maximum Gasteiger partial charge on any atom is 0.189 e. The van der Waals surface area contributed by atoms with Crippen LogP contribution in [0.25, 0.3) is 6.08 Å². The Labute approximate surface area is 165 Å². The number of allylic oxidation sites excluding steroid dienone is 1. The second-order valence-electron chi connectivity index (χ2n) is 6.11. The average molecular weight is 374 g/mol. The van der Waals surface area contributed by atoms with Gasteiger partial charge < -0.3 is 14.2 Å². The fourth-order valence-corrected chi connectivity index (χ4v) is 2.68. The number of ether oxygens (including phenoxy) is 3. The number of carbonyl (C=O) groups excluding carboxylic acids is 1. The molecule has 0 aliphatic rings. The molecule has 3 aromatic rings. The van der Waals surface area contributed by atoms with Crippen LogP contribution in [0, 0.1) is 0 Å². The van der Waals surface area contributed by atoms with E-state index in [1.807, 2.05) is 54.6 Å². The standard InChI is InChI=1S/C24H22O4/c1-26-21-13-15-24(27-2)22(16-21)23(25)14-10-18-8-11-20(12-9-18)28-17-19-6-4-3-5-7-19/h3-16H,17H2,1-2H3/b14-10+. The third-order valence-corrected chi connectivity index (χ3v) is 4.23. The van der Waals surface area contributed by atoms with Gasteiger partial charge in [-0.3, -0.25) is 4.79 Å². The maximum absolute atomic E-state index is 12.5.